The molecule has 38 heavy (non-hydrogen) atoms. The Bertz CT molecular complexity index is 1270. The molecule has 1 aromatic rings. The minimum Gasteiger partial charge on any atom is -0.368 e. The van der Waals surface area contributed by atoms with E-state index in [2.05, 4.69) is 27.1 Å². The van der Waals surface area contributed by atoms with Crippen LogP contribution in [0.25, 0.3) is 0 Å². The Kier molecular flexibility index (Phi) is 6.22. The van der Waals surface area contributed by atoms with Gasteiger partial charge in [0.2, 0.25) is 21.9 Å². The maximum atomic E-state index is 13.8. The largest absolute Gasteiger partial charge is 0.368 e. The fraction of sp³-hybridized carbons (Fsp3) is 0.692. The number of alkyl halides is 2. The lowest BCUT2D eigenvalue weighted by atomic mass is 9.81. The van der Waals surface area contributed by atoms with Gasteiger partial charge in [0.15, 0.2) is 0 Å². The van der Waals surface area contributed by atoms with Gasteiger partial charge in [-0.2, -0.15) is 9.57 Å². The van der Waals surface area contributed by atoms with Crippen LogP contribution in [0.1, 0.15) is 63.9 Å². The molecule has 0 radical (unpaired) electrons. The highest BCUT2D eigenvalue weighted by atomic mass is 32.2. The van der Waals surface area contributed by atoms with Crippen molar-refractivity contribution in [2.75, 3.05) is 11.9 Å². The van der Waals surface area contributed by atoms with Crippen molar-refractivity contribution in [2.24, 2.45) is 11.8 Å². The summed E-state index contributed by atoms with van der Waals surface area (Å²) >= 11 is 0. The molecule has 1 aromatic carbocycles. The van der Waals surface area contributed by atoms with Crippen LogP contribution >= 0.6 is 0 Å². The first-order valence-corrected chi connectivity index (χ1v) is 15.0. The normalized spacial score (nSPS) is 32.6. The Labute approximate surface area is 221 Å². The highest BCUT2D eigenvalue weighted by molar-refractivity contribution is 7.89. The first-order chi connectivity index (χ1) is 18.0. The Hall–Kier alpha value is -2.33. The molecule has 6 rings (SSSR count). The van der Waals surface area contributed by atoms with Crippen LogP contribution in [-0.4, -0.2) is 59.9 Å². The van der Waals surface area contributed by atoms with Gasteiger partial charge in [-0.05, 0) is 68.7 Å². The smallest absolute Gasteiger partial charge is 0.248 e. The molecule has 0 spiro atoms. The molecule has 3 heterocycles. The van der Waals surface area contributed by atoms with E-state index in [1.54, 1.807) is 25.1 Å². The van der Waals surface area contributed by atoms with Crippen LogP contribution in [0, 0.1) is 23.2 Å². The van der Waals surface area contributed by atoms with Gasteiger partial charge in [0.1, 0.15) is 6.17 Å². The number of hydrazine groups is 1. The predicted octanol–water partition coefficient (Wildman–Crippen LogP) is 2.91. The molecule has 206 valence electrons. The Morgan fingerprint density at radius 1 is 1.21 bits per heavy atom. The van der Waals surface area contributed by atoms with Gasteiger partial charge in [-0.1, -0.05) is 0 Å². The maximum absolute atomic E-state index is 13.8. The second-order valence-corrected chi connectivity index (χ2v) is 13.6. The molecule has 2 aliphatic carbocycles. The number of rotatable bonds is 6. The molecule has 3 aliphatic heterocycles. The number of benzene rings is 1. The molecule has 5 aliphatic rings. The van der Waals surface area contributed by atoms with E-state index in [1.165, 1.54) is 4.31 Å². The molecular weight excluding hydrogens is 514 g/mol. The molecule has 3 N–H and O–H groups in total. The van der Waals surface area contributed by atoms with E-state index in [0.29, 0.717) is 30.1 Å². The predicted molar refractivity (Wildman–Crippen MR) is 135 cm³/mol. The summed E-state index contributed by atoms with van der Waals surface area (Å²) in [5, 5.41) is 17.9. The fourth-order valence-electron chi connectivity index (χ4n) is 6.84. The van der Waals surface area contributed by atoms with Crippen molar-refractivity contribution in [3.63, 3.8) is 0 Å². The number of nitriles is 1. The number of piperidine rings is 1. The van der Waals surface area contributed by atoms with Crippen molar-refractivity contribution in [3.05, 3.63) is 23.8 Å². The van der Waals surface area contributed by atoms with Gasteiger partial charge in [-0.25, -0.2) is 27.6 Å². The molecule has 4 fully saturated rings. The monoisotopic (exact) mass is 548 g/mol. The summed E-state index contributed by atoms with van der Waals surface area (Å²) in [6.45, 7) is 2.49. The van der Waals surface area contributed by atoms with Gasteiger partial charge in [0.05, 0.1) is 23.3 Å². The van der Waals surface area contributed by atoms with Gasteiger partial charge in [0, 0.05) is 49.2 Å². The first kappa shape index (κ1) is 25.9. The molecular formula is C26H34F2N6O3S. The Morgan fingerprint density at radius 2 is 1.95 bits per heavy atom. The highest BCUT2D eigenvalue weighted by Crippen LogP contribution is 2.47. The molecule has 1 amide bonds. The maximum Gasteiger partial charge on any atom is 0.248 e. The van der Waals surface area contributed by atoms with Crippen LogP contribution in [0.4, 0.5) is 14.5 Å². The van der Waals surface area contributed by atoms with E-state index < -0.39 is 27.7 Å². The standard InChI is InChI=1S/C26H34F2N6O3S/c1-25(8-10-26(27,28)11-9-25)33-15-17-14-18(4-5-21(17)38(33,36)37)31-23-22-20(7-13-30-24(22)35)34(32-23)19(6-12-29)16-2-3-16/h4-5,14,16,19-20,22-23,31-32H,2-3,6-11,13,15H2,1H3,(H,30,35)/t19-,20?,22?,23?/m0/s1. The van der Waals surface area contributed by atoms with Gasteiger partial charge in [0.25, 0.3) is 0 Å². The molecule has 2 saturated heterocycles. The fourth-order valence-corrected chi connectivity index (χ4v) is 8.84. The van der Waals surface area contributed by atoms with E-state index in [0.717, 1.165) is 19.3 Å². The Morgan fingerprint density at radius 3 is 2.63 bits per heavy atom. The van der Waals surface area contributed by atoms with Crippen LogP contribution < -0.4 is 16.1 Å². The lowest BCUT2D eigenvalue weighted by Crippen LogP contribution is -2.52. The minimum atomic E-state index is -3.80. The molecule has 3 unspecified atom stereocenters. The molecule has 0 bridgehead atoms. The third-order valence-corrected chi connectivity index (χ3v) is 11.3. The van der Waals surface area contributed by atoms with Crippen LogP contribution in [-0.2, 0) is 21.4 Å². The van der Waals surface area contributed by atoms with Gasteiger partial charge < -0.3 is 10.6 Å². The van der Waals surface area contributed by atoms with Crippen molar-refractivity contribution in [1.82, 2.24) is 20.1 Å². The van der Waals surface area contributed by atoms with E-state index in [9.17, 15) is 27.3 Å². The number of nitrogens with zero attached hydrogens (tertiary/aromatic N) is 3. The number of hydrogen-bond acceptors (Lipinski definition) is 7. The van der Waals surface area contributed by atoms with Crippen molar-refractivity contribution >= 4 is 21.6 Å². The van der Waals surface area contributed by atoms with Crippen molar-refractivity contribution in [3.8, 4) is 6.07 Å². The zero-order valence-electron chi connectivity index (χ0n) is 21.4. The second-order valence-electron chi connectivity index (χ2n) is 11.8. The number of amides is 1. The number of nitrogens with one attached hydrogen (secondary N) is 3. The summed E-state index contributed by atoms with van der Waals surface area (Å²) in [6, 6.07) is 7.39. The summed E-state index contributed by atoms with van der Waals surface area (Å²) in [4.78, 5) is 13.1. The van der Waals surface area contributed by atoms with Gasteiger partial charge in [-0.3, -0.25) is 4.79 Å². The number of hydrogen-bond donors (Lipinski definition) is 3. The first-order valence-electron chi connectivity index (χ1n) is 13.5. The average Bonchev–Trinajstić information content (AvgIpc) is 3.59. The zero-order valence-corrected chi connectivity index (χ0v) is 22.2. The molecule has 12 heteroatoms. The zero-order chi connectivity index (χ0) is 26.9. The number of fused-ring (bicyclic) bond motifs is 2. The lowest BCUT2D eigenvalue weighted by Gasteiger charge is -2.42. The number of halogens is 2. The number of sulfonamides is 1. The summed E-state index contributed by atoms with van der Waals surface area (Å²) in [5.41, 5.74) is 3.93. The lowest BCUT2D eigenvalue weighted by molar-refractivity contribution is -0.128. The number of carbonyl (C=O) groups is 1. The SMILES string of the molecule is CC1(N2Cc3cc(NC4NN([C@@H](CC#N)C5CC5)C5CCNC(=O)C45)ccc3S2(=O)=O)CCC(F)(F)CC1. The van der Waals surface area contributed by atoms with Crippen molar-refractivity contribution < 1.29 is 22.0 Å². The highest BCUT2D eigenvalue weighted by Gasteiger charge is 2.53. The molecule has 2 saturated carbocycles. The van der Waals surface area contributed by atoms with Crippen LogP contribution in [0.5, 0.6) is 0 Å². The summed E-state index contributed by atoms with van der Waals surface area (Å²) in [6.07, 6.45) is 2.52. The number of carbonyl (C=O) groups excluding carboxylic acids is 1. The van der Waals surface area contributed by atoms with Crippen molar-refractivity contribution in [1.29, 1.82) is 5.26 Å². The van der Waals surface area contributed by atoms with Crippen molar-refractivity contribution in [2.45, 2.75) is 99.4 Å². The van der Waals surface area contributed by atoms with E-state index in [-0.39, 0.29) is 61.0 Å². The van der Waals surface area contributed by atoms with E-state index >= 15 is 0 Å². The van der Waals surface area contributed by atoms with E-state index in [1.807, 2.05) is 0 Å². The van der Waals surface area contributed by atoms with Crippen LogP contribution in [0.3, 0.4) is 0 Å². The van der Waals surface area contributed by atoms with Crippen LogP contribution in [0.2, 0.25) is 0 Å². The summed E-state index contributed by atoms with van der Waals surface area (Å²) in [5.74, 6) is -2.70. The molecule has 4 atom stereocenters. The quantitative estimate of drug-likeness (QED) is 0.500. The third kappa shape index (κ3) is 4.37. The van der Waals surface area contributed by atoms with E-state index in [4.69, 9.17) is 0 Å². The average molecular weight is 549 g/mol. The van der Waals surface area contributed by atoms with Gasteiger partial charge >= 0.3 is 0 Å². The third-order valence-electron chi connectivity index (χ3n) is 9.21. The van der Waals surface area contributed by atoms with Crippen LogP contribution in [0.15, 0.2) is 23.1 Å². The summed E-state index contributed by atoms with van der Waals surface area (Å²) < 4.78 is 55.8. The van der Waals surface area contributed by atoms with Gasteiger partial charge in [-0.15, -0.1) is 0 Å². The molecule has 9 nitrogen and oxygen atoms in total. The second kappa shape index (κ2) is 9.11. The minimum absolute atomic E-state index is 0.0325. The number of anilines is 1. The summed E-state index contributed by atoms with van der Waals surface area (Å²) in [7, 11) is -3.80. The topological polar surface area (TPSA) is 118 Å². The Balaban J connectivity index is 1.23. The molecule has 0 aromatic heterocycles.